The zero-order valence-corrected chi connectivity index (χ0v) is 15.8. The van der Waals surface area contributed by atoms with Crippen LogP contribution in [-0.4, -0.2) is 44.2 Å². The second kappa shape index (κ2) is 7.72. The van der Waals surface area contributed by atoms with Gasteiger partial charge in [0, 0.05) is 36.6 Å². The van der Waals surface area contributed by atoms with Gasteiger partial charge >= 0.3 is 6.09 Å². The van der Waals surface area contributed by atoms with Gasteiger partial charge in [0.15, 0.2) is 0 Å². The number of carboxylic acid groups (broad SMARTS) is 1. The minimum Gasteiger partial charge on any atom is -0.465 e. The molecule has 1 aromatic heterocycles. The van der Waals surface area contributed by atoms with Crippen LogP contribution in [0.25, 0.3) is 0 Å². The summed E-state index contributed by atoms with van der Waals surface area (Å²) in [7, 11) is 0. The van der Waals surface area contributed by atoms with E-state index in [9.17, 15) is 19.1 Å². The van der Waals surface area contributed by atoms with Crippen LogP contribution < -0.4 is 5.32 Å². The summed E-state index contributed by atoms with van der Waals surface area (Å²) in [6, 6.07) is 1.65. The van der Waals surface area contributed by atoms with E-state index in [4.69, 9.17) is 0 Å². The largest absolute Gasteiger partial charge is 0.465 e. The normalized spacial score (nSPS) is 12.8. The van der Waals surface area contributed by atoms with Gasteiger partial charge in [-0.25, -0.2) is 9.18 Å². The number of aromatic nitrogens is 1. The highest BCUT2D eigenvalue weighted by atomic mass is 19.1. The summed E-state index contributed by atoms with van der Waals surface area (Å²) in [5.41, 5.74) is -0.221. The first-order valence-electron chi connectivity index (χ1n) is 8.10. The van der Waals surface area contributed by atoms with Gasteiger partial charge in [-0.2, -0.15) is 0 Å². The number of amides is 2. The highest BCUT2D eigenvalue weighted by Crippen LogP contribution is 2.17. The van der Waals surface area contributed by atoms with Gasteiger partial charge in [-0.3, -0.25) is 9.69 Å². The third kappa shape index (κ3) is 6.60. The fraction of sp³-hybridized carbons (Fsp3) is 0.556. The maximum Gasteiger partial charge on any atom is 0.408 e. The summed E-state index contributed by atoms with van der Waals surface area (Å²) in [5.74, 6) is -0.209. The molecule has 0 radical (unpaired) electrons. The Bertz CT molecular complexity index is 651. The van der Waals surface area contributed by atoms with Crippen molar-refractivity contribution in [1.82, 2.24) is 14.8 Å². The summed E-state index contributed by atoms with van der Waals surface area (Å²) in [5, 5.41) is 12.2. The van der Waals surface area contributed by atoms with Crippen LogP contribution in [0.4, 0.5) is 9.18 Å². The zero-order valence-electron chi connectivity index (χ0n) is 15.8. The second-order valence-corrected chi connectivity index (χ2v) is 8.08. The van der Waals surface area contributed by atoms with Crippen molar-refractivity contribution in [2.24, 2.45) is 0 Å². The van der Waals surface area contributed by atoms with Crippen molar-refractivity contribution < 1.29 is 19.1 Å². The molecular formula is C18H28FN3O3. The van der Waals surface area contributed by atoms with Gasteiger partial charge in [0.2, 0.25) is 0 Å². The van der Waals surface area contributed by atoms with E-state index in [1.54, 1.807) is 43.8 Å². The Morgan fingerprint density at radius 3 is 2.32 bits per heavy atom. The molecule has 0 aliphatic heterocycles. The van der Waals surface area contributed by atoms with Crippen LogP contribution in [0.15, 0.2) is 30.4 Å². The Hall–Kier alpha value is -2.31. The molecule has 2 amide bonds. The number of halogens is 1. The highest BCUT2D eigenvalue weighted by molar-refractivity contribution is 5.94. The topological polar surface area (TPSA) is 74.6 Å². The van der Waals surface area contributed by atoms with Gasteiger partial charge in [-0.05, 0) is 53.2 Å². The first-order chi connectivity index (χ1) is 11.3. The Morgan fingerprint density at radius 1 is 1.28 bits per heavy atom. The van der Waals surface area contributed by atoms with E-state index in [1.165, 1.54) is 4.90 Å². The van der Waals surface area contributed by atoms with Crippen molar-refractivity contribution in [3.63, 3.8) is 0 Å². The van der Waals surface area contributed by atoms with Crippen molar-refractivity contribution in [1.29, 1.82) is 0 Å². The van der Waals surface area contributed by atoms with E-state index in [0.29, 0.717) is 17.5 Å². The lowest BCUT2D eigenvalue weighted by Crippen LogP contribution is -2.46. The minimum absolute atomic E-state index is 0.0446. The number of hydrogen-bond acceptors (Lipinski definition) is 2. The molecule has 0 aliphatic rings. The van der Waals surface area contributed by atoms with Crippen molar-refractivity contribution in [3.8, 4) is 0 Å². The summed E-state index contributed by atoms with van der Waals surface area (Å²) in [4.78, 5) is 24.7. The predicted molar refractivity (Wildman–Crippen MR) is 95.3 cm³/mol. The second-order valence-electron chi connectivity index (χ2n) is 8.08. The molecule has 2 N–H and O–H groups in total. The van der Waals surface area contributed by atoms with E-state index >= 15 is 0 Å². The molecule has 1 rings (SSSR count). The molecule has 0 aromatic carbocycles. The smallest absolute Gasteiger partial charge is 0.408 e. The fourth-order valence-corrected chi connectivity index (χ4v) is 2.23. The SMILES string of the molecule is CC(C)(C)NC(=O)c1ccn(C/C(=C\F)CN(C(=O)O)C(C)(C)C)c1. The molecule has 0 unspecified atom stereocenters. The van der Waals surface area contributed by atoms with Crippen LogP contribution in [-0.2, 0) is 6.54 Å². The summed E-state index contributed by atoms with van der Waals surface area (Å²) in [6.07, 6.45) is 2.61. The molecular weight excluding hydrogens is 325 g/mol. The van der Waals surface area contributed by atoms with Gasteiger partial charge in [-0.15, -0.1) is 0 Å². The average Bonchev–Trinajstić information content (AvgIpc) is 2.88. The lowest BCUT2D eigenvalue weighted by molar-refractivity contribution is 0.0919. The van der Waals surface area contributed by atoms with Crippen LogP contribution in [0.3, 0.4) is 0 Å². The van der Waals surface area contributed by atoms with Crippen LogP contribution >= 0.6 is 0 Å². The molecule has 0 atom stereocenters. The Labute approximate surface area is 148 Å². The summed E-state index contributed by atoms with van der Waals surface area (Å²) < 4.78 is 14.9. The molecule has 0 saturated heterocycles. The van der Waals surface area contributed by atoms with Crippen molar-refractivity contribution in [2.45, 2.75) is 59.2 Å². The summed E-state index contributed by atoms with van der Waals surface area (Å²) in [6.45, 7) is 11.0. The zero-order chi connectivity index (χ0) is 19.4. The predicted octanol–water partition coefficient (Wildman–Crippen LogP) is 3.65. The number of rotatable bonds is 5. The van der Waals surface area contributed by atoms with E-state index in [2.05, 4.69) is 5.32 Å². The molecule has 0 spiro atoms. The Morgan fingerprint density at radius 2 is 1.88 bits per heavy atom. The first kappa shape index (κ1) is 20.7. The number of hydrogen-bond donors (Lipinski definition) is 2. The van der Waals surface area contributed by atoms with E-state index in [0.717, 1.165) is 0 Å². The molecule has 0 fully saturated rings. The molecule has 140 valence electrons. The average molecular weight is 353 g/mol. The standard InChI is InChI=1S/C18H28FN3O3/c1-17(2,3)20-15(23)14-7-8-21(12-14)10-13(9-19)11-22(16(24)25)18(4,5)6/h7-9,12H,10-11H2,1-6H3,(H,20,23)(H,24,25)/b13-9+. The Kier molecular flexibility index (Phi) is 6.40. The maximum atomic E-state index is 13.3. The van der Waals surface area contributed by atoms with E-state index < -0.39 is 11.6 Å². The van der Waals surface area contributed by atoms with Crippen molar-refractivity contribution >= 4 is 12.0 Å². The maximum absolute atomic E-state index is 13.3. The van der Waals surface area contributed by atoms with Crippen LogP contribution in [0, 0.1) is 0 Å². The molecule has 0 aliphatic carbocycles. The van der Waals surface area contributed by atoms with E-state index in [-0.39, 0.29) is 24.5 Å². The van der Waals surface area contributed by atoms with Gasteiger partial charge in [0.1, 0.15) is 0 Å². The third-order valence-corrected chi connectivity index (χ3v) is 3.44. The Balaban J connectivity index is 2.84. The number of carbonyl (C=O) groups excluding carboxylic acids is 1. The number of carbonyl (C=O) groups is 2. The van der Waals surface area contributed by atoms with Crippen LogP contribution in [0.2, 0.25) is 0 Å². The van der Waals surface area contributed by atoms with Gasteiger partial charge < -0.3 is 15.0 Å². The molecule has 1 heterocycles. The lowest BCUT2D eigenvalue weighted by atomic mass is 10.1. The highest BCUT2D eigenvalue weighted by Gasteiger charge is 2.27. The fourth-order valence-electron chi connectivity index (χ4n) is 2.23. The lowest BCUT2D eigenvalue weighted by Gasteiger charge is -2.33. The van der Waals surface area contributed by atoms with Gasteiger partial charge in [0.25, 0.3) is 5.91 Å². The molecule has 7 heteroatoms. The van der Waals surface area contributed by atoms with E-state index in [1.807, 2.05) is 20.8 Å². The number of nitrogens with zero attached hydrogens (tertiary/aromatic N) is 2. The van der Waals surface area contributed by atoms with Gasteiger partial charge in [-0.1, -0.05) is 0 Å². The molecule has 0 saturated carbocycles. The molecule has 6 nitrogen and oxygen atoms in total. The molecule has 0 bridgehead atoms. The van der Waals surface area contributed by atoms with Crippen LogP contribution in [0.5, 0.6) is 0 Å². The van der Waals surface area contributed by atoms with Crippen molar-refractivity contribution in [2.75, 3.05) is 6.54 Å². The van der Waals surface area contributed by atoms with Gasteiger partial charge in [0.05, 0.1) is 11.9 Å². The monoisotopic (exact) mass is 353 g/mol. The number of nitrogens with one attached hydrogen (secondary N) is 1. The molecule has 25 heavy (non-hydrogen) atoms. The molecule has 1 aromatic rings. The summed E-state index contributed by atoms with van der Waals surface area (Å²) >= 11 is 0. The van der Waals surface area contributed by atoms with Crippen molar-refractivity contribution in [3.05, 3.63) is 35.9 Å². The third-order valence-electron chi connectivity index (χ3n) is 3.44. The van der Waals surface area contributed by atoms with Crippen LogP contribution in [0.1, 0.15) is 51.9 Å². The quantitative estimate of drug-likeness (QED) is 0.848. The minimum atomic E-state index is -1.11. The first-order valence-corrected chi connectivity index (χ1v) is 8.10.